The highest BCUT2D eigenvalue weighted by Crippen LogP contribution is 2.35. The van der Waals surface area contributed by atoms with Crippen LogP contribution < -0.4 is 10.5 Å². The third-order valence-corrected chi connectivity index (χ3v) is 6.80. The van der Waals surface area contributed by atoms with Crippen LogP contribution in [0.5, 0.6) is 5.75 Å². The van der Waals surface area contributed by atoms with Crippen molar-refractivity contribution in [1.29, 1.82) is 0 Å². The molecule has 5 nitrogen and oxygen atoms in total. The summed E-state index contributed by atoms with van der Waals surface area (Å²) in [6, 6.07) is 5.30. The molecular formula is C19H21N3O2S3. The molecule has 0 saturated carbocycles. The highest BCUT2D eigenvalue weighted by molar-refractivity contribution is 8.00. The van der Waals surface area contributed by atoms with Crippen LogP contribution in [-0.4, -0.2) is 28.2 Å². The molecule has 0 aliphatic rings. The number of benzene rings is 1. The molecule has 0 aliphatic carbocycles. The zero-order valence-corrected chi connectivity index (χ0v) is 18.1. The molecule has 27 heavy (non-hydrogen) atoms. The lowest BCUT2D eigenvalue weighted by Crippen LogP contribution is -2.13. The van der Waals surface area contributed by atoms with Gasteiger partial charge in [0.05, 0.1) is 27.4 Å². The molecule has 0 bridgehead atoms. The normalized spacial score (nSPS) is 11.1. The number of ether oxygens (including phenoxy) is 1. The number of nitrogens with two attached hydrogens (primary N) is 1. The zero-order valence-electron chi connectivity index (χ0n) is 15.6. The number of rotatable bonds is 7. The van der Waals surface area contributed by atoms with E-state index in [1.807, 2.05) is 33.1 Å². The average Bonchev–Trinajstić information content (AvgIpc) is 3.22. The Morgan fingerprint density at radius 1 is 1.33 bits per heavy atom. The van der Waals surface area contributed by atoms with Gasteiger partial charge in [0, 0.05) is 22.9 Å². The monoisotopic (exact) mass is 419 g/mol. The van der Waals surface area contributed by atoms with E-state index in [1.54, 1.807) is 46.6 Å². The lowest BCUT2D eigenvalue weighted by Gasteiger charge is -2.14. The van der Waals surface area contributed by atoms with Crippen molar-refractivity contribution in [2.75, 3.05) is 6.26 Å². The van der Waals surface area contributed by atoms with Crippen molar-refractivity contribution in [3.05, 3.63) is 45.4 Å². The van der Waals surface area contributed by atoms with Gasteiger partial charge in [-0.1, -0.05) is 11.8 Å². The topological polar surface area (TPSA) is 78.1 Å². The van der Waals surface area contributed by atoms with Gasteiger partial charge in [0.25, 0.3) is 0 Å². The van der Waals surface area contributed by atoms with Gasteiger partial charge in [0.1, 0.15) is 5.75 Å². The first-order chi connectivity index (χ1) is 12.9. The van der Waals surface area contributed by atoms with Crippen LogP contribution in [0.4, 0.5) is 0 Å². The van der Waals surface area contributed by atoms with Crippen LogP contribution in [0.1, 0.15) is 40.5 Å². The van der Waals surface area contributed by atoms with E-state index in [9.17, 15) is 4.79 Å². The van der Waals surface area contributed by atoms with Crippen LogP contribution in [0.25, 0.3) is 10.6 Å². The van der Waals surface area contributed by atoms with Crippen molar-refractivity contribution in [3.63, 3.8) is 0 Å². The third-order valence-electron chi connectivity index (χ3n) is 3.79. The number of primary amides is 1. The summed E-state index contributed by atoms with van der Waals surface area (Å²) in [5.41, 5.74) is 8.77. The molecule has 0 spiro atoms. The van der Waals surface area contributed by atoms with E-state index in [2.05, 4.69) is 10.4 Å². The number of carbonyl (C=O) groups excluding carboxylic acids is 1. The fourth-order valence-corrected chi connectivity index (χ4v) is 5.05. The maximum atomic E-state index is 11.6. The lowest BCUT2D eigenvalue weighted by atomic mass is 10.1. The molecule has 0 aliphatic heterocycles. The number of thiazole rings is 2. The summed E-state index contributed by atoms with van der Waals surface area (Å²) in [4.78, 5) is 22.0. The predicted molar refractivity (Wildman–Crippen MR) is 113 cm³/mol. The first-order valence-corrected chi connectivity index (χ1v) is 11.3. The number of hydrogen-bond donors (Lipinski definition) is 1. The number of aryl methyl sites for hydroxylation is 1. The SMILES string of the molecule is CSc1nc(C)c(-c2csc(Cc3cc(C(N)=O)ccc3OC(C)C)n2)s1. The number of nitrogens with zero attached hydrogens (tertiary/aromatic N) is 2. The molecule has 0 fully saturated rings. The van der Waals surface area contributed by atoms with Crippen molar-refractivity contribution in [1.82, 2.24) is 9.97 Å². The molecule has 0 atom stereocenters. The van der Waals surface area contributed by atoms with Crippen molar-refractivity contribution in [2.24, 2.45) is 5.73 Å². The van der Waals surface area contributed by atoms with Gasteiger partial charge in [-0.25, -0.2) is 9.97 Å². The Kier molecular flexibility index (Phi) is 6.18. The molecule has 0 unspecified atom stereocenters. The van der Waals surface area contributed by atoms with Crippen molar-refractivity contribution < 1.29 is 9.53 Å². The molecule has 0 saturated heterocycles. The molecule has 2 N–H and O–H groups in total. The fourth-order valence-electron chi connectivity index (χ4n) is 2.60. The van der Waals surface area contributed by atoms with E-state index in [0.29, 0.717) is 12.0 Å². The number of hydrogen-bond acceptors (Lipinski definition) is 7. The minimum atomic E-state index is -0.447. The van der Waals surface area contributed by atoms with E-state index in [0.717, 1.165) is 36.9 Å². The Morgan fingerprint density at radius 2 is 2.11 bits per heavy atom. The molecule has 1 aromatic carbocycles. The van der Waals surface area contributed by atoms with E-state index in [4.69, 9.17) is 15.5 Å². The molecule has 0 radical (unpaired) electrons. The van der Waals surface area contributed by atoms with Gasteiger partial charge in [-0.3, -0.25) is 4.79 Å². The van der Waals surface area contributed by atoms with E-state index >= 15 is 0 Å². The van der Waals surface area contributed by atoms with Crippen molar-refractivity contribution >= 4 is 40.3 Å². The zero-order chi connectivity index (χ0) is 19.6. The van der Waals surface area contributed by atoms with Crippen LogP contribution in [-0.2, 0) is 6.42 Å². The van der Waals surface area contributed by atoms with Crippen LogP contribution in [0.15, 0.2) is 27.9 Å². The van der Waals surface area contributed by atoms with Crippen LogP contribution in [0.2, 0.25) is 0 Å². The van der Waals surface area contributed by atoms with Crippen molar-refractivity contribution in [3.8, 4) is 16.3 Å². The Hall–Kier alpha value is -1.90. The molecule has 8 heteroatoms. The summed E-state index contributed by atoms with van der Waals surface area (Å²) in [6.45, 7) is 5.96. The molecule has 1 amide bonds. The highest BCUT2D eigenvalue weighted by Gasteiger charge is 2.15. The Balaban J connectivity index is 1.90. The molecule has 2 heterocycles. The van der Waals surface area contributed by atoms with Gasteiger partial charge < -0.3 is 10.5 Å². The standard InChI is InChI=1S/C19H21N3O2S3/c1-10(2)24-15-6-5-12(18(20)23)7-13(15)8-16-22-14(9-26-16)17-11(3)21-19(25-4)27-17/h5-7,9-10H,8H2,1-4H3,(H2,20,23). The number of aromatic nitrogens is 2. The second kappa shape index (κ2) is 8.41. The van der Waals surface area contributed by atoms with Crippen LogP contribution in [0.3, 0.4) is 0 Å². The van der Waals surface area contributed by atoms with Crippen LogP contribution in [0, 0.1) is 6.92 Å². The summed E-state index contributed by atoms with van der Waals surface area (Å²) in [5.74, 6) is 0.308. The van der Waals surface area contributed by atoms with Gasteiger partial charge in [-0.15, -0.1) is 22.7 Å². The third kappa shape index (κ3) is 4.69. The highest BCUT2D eigenvalue weighted by atomic mass is 32.2. The number of thioether (sulfide) groups is 1. The van der Waals surface area contributed by atoms with Gasteiger partial charge in [-0.05, 0) is 45.2 Å². The van der Waals surface area contributed by atoms with E-state index < -0.39 is 5.91 Å². The number of amides is 1. The second-order valence-electron chi connectivity index (χ2n) is 6.26. The average molecular weight is 420 g/mol. The maximum Gasteiger partial charge on any atom is 0.248 e. The summed E-state index contributed by atoms with van der Waals surface area (Å²) < 4.78 is 6.94. The van der Waals surface area contributed by atoms with Gasteiger partial charge in [-0.2, -0.15) is 0 Å². The predicted octanol–water partition coefficient (Wildman–Crippen LogP) is 4.77. The lowest BCUT2D eigenvalue weighted by molar-refractivity contribution is 0.1000. The maximum absolute atomic E-state index is 11.6. The first kappa shape index (κ1) is 19.9. The van der Waals surface area contributed by atoms with E-state index in [1.165, 1.54) is 0 Å². The largest absolute Gasteiger partial charge is 0.491 e. The Labute approximate surface area is 171 Å². The minimum absolute atomic E-state index is 0.0415. The van der Waals surface area contributed by atoms with Crippen LogP contribution >= 0.6 is 34.4 Å². The van der Waals surface area contributed by atoms with Gasteiger partial charge >= 0.3 is 0 Å². The quantitative estimate of drug-likeness (QED) is 0.558. The summed E-state index contributed by atoms with van der Waals surface area (Å²) >= 11 is 4.90. The Bertz CT molecular complexity index is 963. The fraction of sp³-hybridized carbons (Fsp3) is 0.316. The molecular weight excluding hydrogens is 398 g/mol. The van der Waals surface area contributed by atoms with E-state index in [-0.39, 0.29) is 6.10 Å². The second-order valence-corrected chi connectivity index (χ2v) is 9.25. The van der Waals surface area contributed by atoms with Gasteiger partial charge in [0.2, 0.25) is 5.91 Å². The molecule has 3 rings (SSSR count). The first-order valence-electron chi connectivity index (χ1n) is 8.43. The molecule has 3 aromatic rings. The van der Waals surface area contributed by atoms with Crippen molar-refractivity contribution in [2.45, 2.75) is 37.6 Å². The molecule has 2 aromatic heterocycles. The molecule has 142 valence electrons. The van der Waals surface area contributed by atoms with Gasteiger partial charge in [0.15, 0.2) is 4.34 Å². The Morgan fingerprint density at radius 3 is 2.74 bits per heavy atom. The summed E-state index contributed by atoms with van der Waals surface area (Å²) in [5, 5.41) is 3.01. The summed E-state index contributed by atoms with van der Waals surface area (Å²) in [6.07, 6.45) is 2.65. The summed E-state index contributed by atoms with van der Waals surface area (Å²) in [7, 11) is 0. The minimum Gasteiger partial charge on any atom is -0.491 e. The smallest absolute Gasteiger partial charge is 0.248 e. The number of carbonyl (C=O) groups is 1.